The van der Waals surface area contributed by atoms with E-state index in [0.29, 0.717) is 18.9 Å². The third-order valence-corrected chi connectivity index (χ3v) is 3.00. The number of carbonyl (C=O) groups excluding carboxylic acids is 1. The summed E-state index contributed by atoms with van der Waals surface area (Å²) >= 11 is 0. The van der Waals surface area contributed by atoms with Crippen LogP contribution < -0.4 is 5.32 Å². The molecule has 0 fully saturated rings. The Morgan fingerprint density at radius 3 is 2.79 bits per heavy atom. The summed E-state index contributed by atoms with van der Waals surface area (Å²) in [6.45, 7) is 2.75. The van der Waals surface area contributed by atoms with E-state index in [9.17, 15) is 9.59 Å². The molecule has 1 rings (SSSR count). The van der Waals surface area contributed by atoms with Crippen molar-refractivity contribution in [2.75, 3.05) is 6.54 Å². The van der Waals surface area contributed by atoms with Gasteiger partial charge in [-0.3, -0.25) is 9.59 Å². The molecule has 0 aliphatic rings. The molecule has 2 N–H and O–H groups in total. The molecule has 0 radical (unpaired) electrons. The quantitative estimate of drug-likeness (QED) is 0.686. The Morgan fingerprint density at radius 2 is 2.21 bits per heavy atom. The van der Waals surface area contributed by atoms with Gasteiger partial charge in [0.2, 0.25) is 5.91 Å². The smallest absolute Gasteiger partial charge is 0.303 e. The van der Waals surface area contributed by atoms with Crippen LogP contribution in [0.2, 0.25) is 0 Å². The monoisotopic (exact) mass is 268 g/mol. The van der Waals surface area contributed by atoms with Gasteiger partial charge in [-0.1, -0.05) is 18.6 Å². The summed E-state index contributed by atoms with van der Waals surface area (Å²) in [5.74, 6) is -0.546. The molecule has 1 aromatic rings. The maximum Gasteiger partial charge on any atom is 0.303 e. The average Bonchev–Trinajstić information content (AvgIpc) is 2.86. The van der Waals surface area contributed by atoms with Crippen LogP contribution in [0.25, 0.3) is 0 Å². The summed E-state index contributed by atoms with van der Waals surface area (Å²) in [6, 6.07) is 0. The summed E-state index contributed by atoms with van der Waals surface area (Å²) in [6.07, 6.45) is 5.71. The maximum atomic E-state index is 11.6. The number of amides is 1. The van der Waals surface area contributed by atoms with Crippen molar-refractivity contribution >= 4 is 11.9 Å². The number of carbonyl (C=O) groups is 2. The van der Waals surface area contributed by atoms with Crippen molar-refractivity contribution in [2.24, 2.45) is 5.92 Å². The highest BCUT2D eigenvalue weighted by atomic mass is 16.4. The zero-order valence-electron chi connectivity index (χ0n) is 11.1. The number of hydrogen-bond donors (Lipinski definition) is 2. The van der Waals surface area contributed by atoms with Crippen LogP contribution in [-0.4, -0.2) is 38.5 Å². The fourth-order valence-electron chi connectivity index (χ4n) is 1.82. The first-order valence-electron chi connectivity index (χ1n) is 6.44. The summed E-state index contributed by atoms with van der Waals surface area (Å²) in [7, 11) is 0. The van der Waals surface area contributed by atoms with E-state index in [1.807, 2.05) is 6.92 Å². The molecule has 0 aliphatic carbocycles. The molecule has 0 saturated heterocycles. The van der Waals surface area contributed by atoms with E-state index >= 15 is 0 Å². The molecule has 0 saturated carbocycles. The predicted octanol–water partition coefficient (Wildman–Crippen LogP) is 0.675. The third-order valence-electron chi connectivity index (χ3n) is 3.00. The van der Waals surface area contributed by atoms with Crippen molar-refractivity contribution in [3.8, 4) is 0 Å². The molecular formula is C12H20N4O3. The Balaban J connectivity index is 2.17. The molecule has 1 unspecified atom stereocenters. The number of nitrogens with zero attached hydrogens (tertiary/aromatic N) is 3. The van der Waals surface area contributed by atoms with Crippen LogP contribution >= 0.6 is 0 Å². The second-order valence-corrected chi connectivity index (χ2v) is 4.45. The van der Waals surface area contributed by atoms with Gasteiger partial charge >= 0.3 is 5.97 Å². The van der Waals surface area contributed by atoms with Crippen molar-refractivity contribution in [2.45, 2.75) is 39.2 Å². The molecule has 0 bridgehead atoms. The van der Waals surface area contributed by atoms with Crippen LogP contribution in [0.4, 0.5) is 0 Å². The van der Waals surface area contributed by atoms with E-state index in [0.717, 1.165) is 12.8 Å². The van der Waals surface area contributed by atoms with Crippen LogP contribution in [0, 0.1) is 5.92 Å². The highest BCUT2D eigenvalue weighted by molar-refractivity contribution is 5.75. The molecule has 0 aliphatic heterocycles. The van der Waals surface area contributed by atoms with E-state index in [1.165, 1.54) is 10.9 Å². The van der Waals surface area contributed by atoms with Crippen molar-refractivity contribution in [3.63, 3.8) is 0 Å². The molecule has 19 heavy (non-hydrogen) atoms. The van der Waals surface area contributed by atoms with Crippen LogP contribution in [-0.2, 0) is 16.1 Å². The number of aliphatic carboxylic acids is 1. The van der Waals surface area contributed by atoms with Crippen LogP contribution in [0.5, 0.6) is 0 Å². The van der Waals surface area contributed by atoms with Gasteiger partial charge < -0.3 is 10.4 Å². The van der Waals surface area contributed by atoms with Crippen molar-refractivity contribution in [1.29, 1.82) is 0 Å². The zero-order chi connectivity index (χ0) is 14.1. The lowest BCUT2D eigenvalue weighted by atomic mass is 9.97. The van der Waals surface area contributed by atoms with Gasteiger partial charge in [-0.15, -0.1) is 5.10 Å². The van der Waals surface area contributed by atoms with Gasteiger partial charge in [-0.05, 0) is 18.8 Å². The van der Waals surface area contributed by atoms with E-state index in [2.05, 4.69) is 15.6 Å². The van der Waals surface area contributed by atoms with Crippen molar-refractivity contribution in [1.82, 2.24) is 20.3 Å². The molecule has 1 heterocycles. The topological polar surface area (TPSA) is 97.1 Å². The van der Waals surface area contributed by atoms with Gasteiger partial charge in [-0.2, -0.15) is 0 Å². The summed E-state index contributed by atoms with van der Waals surface area (Å²) < 4.78 is 1.46. The van der Waals surface area contributed by atoms with Gasteiger partial charge in [0, 0.05) is 19.2 Å². The number of hydrogen-bond acceptors (Lipinski definition) is 4. The Bertz CT molecular complexity index is 392. The number of nitrogens with one attached hydrogen (secondary N) is 1. The van der Waals surface area contributed by atoms with E-state index in [-0.39, 0.29) is 18.9 Å². The Labute approximate surface area is 112 Å². The molecular weight excluding hydrogens is 248 g/mol. The Hall–Kier alpha value is -1.92. The molecule has 1 aromatic heterocycles. The first-order valence-corrected chi connectivity index (χ1v) is 6.44. The van der Waals surface area contributed by atoms with Crippen LogP contribution in [0.3, 0.4) is 0 Å². The first-order chi connectivity index (χ1) is 9.11. The minimum absolute atomic E-state index is 0.112. The van der Waals surface area contributed by atoms with E-state index < -0.39 is 5.97 Å². The van der Waals surface area contributed by atoms with Gasteiger partial charge in [0.1, 0.15) is 6.54 Å². The van der Waals surface area contributed by atoms with Gasteiger partial charge in [0.05, 0.1) is 6.20 Å². The molecule has 7 heteroatoms. The maximum absolute atomic E-state index is 11.6. The highest BCUT2D eigenvalue weighted by Crippen LogP contribution is 2.14. The third kappa shape index (κ3) is 6.54. The normalized spacial score (nSPS) is 12.1. The Kier molecular flexibility index (Phi) is 6.56. The lowest BCUT2D eigenvalue weighted by molar-refractivity contribution is -0.137. The second kappa shape index (κ2) is 8.23. The summed E-state index contributed by atoms with van der Waals surface area (Å²) in [4.78, 5) is 22.0. The molecule has 0 aromatic carbocycles. The largest absolute Gasteiger partial charge is 0.481 e. The second-order valence-electron chi connectivity index (χ2n) is 4.45. The van der Waals surface area contributed by atoms with Crippen molar-refractivity contribution < 1.29 is 14.7 Å². The van der Waals surface area contributed by atoms with Crippen LogP contribution in [0.1, 0.15) is 32.6 Å². The van der Waals surface area contributed by atoms with E-state index in [4.69, 9.17) is 5.11 Å². The highest BCUT2D eigenvalue weighted by Gasteiger charge is 2.10. The van der Waals surface area contributed by atoms with Crippen molar-refractivity contribution in [3.05, 3.63) is 12.4 Å². The average molecular weight is 268 g/mol. The number of carboxylic acids is 1. The fourth-order valence-corrected chi connectivity index (χ4v) is 1.82. The van der Waals surface area contributed by atoms with Gasteiger partial charge in [-0.25, -0.2) is 4.68 Å². The molecule has 106 valence electrons. The molecule has 1 amide bonds. The predicted molar refractivity (Wildman–Crippen MR) is 68.3 cm³/mol. The number of rotatable bonds is 9. The SMILES string of the molecule is CCC(CCNC(=O)Cn1ccnn1)CCC(=O)O. The number of aromatic nitrogens is 3. The lowest BCUT2D eigenvalue weighted by Crippen LogP contribution is -2.29. The van der Waals surface area contributed by atoms with E-state index in [1.54, 1.807) is 6.20 Å². The number of carboxylic acid groups (broad SMARTS) is 1. The molecule has 1 atom stereocenters. The first kappa shape index (κ1) is 15.1. The minimum atomic E-state index is -0.770. The zero-order valence-corrected chi connectivity index (χ0v) is 11.1. The summed E-state index contributed by atoms with van der Waals surface area (Å²) in [5.41, 5.74) is 0. The lowest BCUT2D eigenvalue weighted by Gasteiger charge is -2.13. The van der Waals surface area contributed by atoms with Crippen LogP contribution in [0.15, 0.2) is 12.4 Å². The van der Waals surface area contributed by atoms with Gasteiger partial charge in [0.15, 0.2) is 0 Å². The summed E-state index contributed by atoms with van der Waals surface area (Å²) in [5, 5.41) is 18.7. The fraction of sp³-hybridized carbons (Fsp3) is 0.667. The van der Waals surface area contributed by atoms with Gasteiger partial charge in [0.25, 0.3) is 0 Å². The Morgan fingerprint density at radius 1 is 1.42 bits per heavy atom. The molecule has 0 spiro atoms. The molecule has 7 nitrogen and oxygen atoms in total. The minimum Gasteiger partial charge on any atom is -0.481 e. The standard InChI is InChI=1S/C12H20N4O3/c1-2-10(3-4-12(18)19)5-6-13-11(17)9-16-8-7-14-15-16/h7-8,10H,2-6,9H2,1H3,(H,13,17)(H,18,19).